The second-order valence-electron chi connectivity index (χ2n) is 5.90. The zero-order valence-corrected chi connectivity index (χ0v) is 13.2. The number of rotatable bonds is 12. The first-order valence-corrected chi connectivity index (χ1v) is 8.44. The van der Waals surface area contributed by atoms with Crippen molar-refractivity contribution < 1.29 is 19.7 Å². The summed E-state index contributed by atoms with van der Waals surface area (Å²) in [6, 6.07) is 0. The van der Waals surface area contributed by atoms with Crippen molar-refractivity contribution in [2.24, 2.45) is 0 Å². The highest BCUT2D eigenvalue weighted by molar-refractivity contribution is 5.91. The second kappa shape index (κ2) is 10.8. The predicted octanol–water partition coefficient (Wildman–Crippen LogP) is 3.46. The minimum Gasteiger partial charge on any atom is -0.429 e. The van der Waals surface area contributed by atoms with E-state index in [4.69, 9.17) is 5.11 Å². The lowest BCUT2D eigenvalue weighted by Gasteiger charge is -2.09. The van der Waals surface area contributed by atoms with Crippen molar-refractivity contribution in [3.8, 4) is 0 Å². The summed E-state index contributed by atoms with van der Waals surface area (Å²) in [5, 5.41) is 19.0. The van der Waals surface area contributed by atoms with Crippen molar-refractivity contribution in [3.05, 3.63) is 11.6 Å². The molecule has 0 aromatic carbocycles. The van der Waals surface area contributed by atoms with Gasteiger partial charge in [-0.25, -0.2) is 4.79 Å². The van der Waals surface area contributed by atoms with Crippen LogP contribution < -0.4 is 0 Å². The Labute approximate surface area is 128 Å². The van der Waals surface area contributed by atoms with Gasteiger partial charge in [-0.15, -0.1) is 0 Å². The third-order valence-electron chi connectivity index (χ3n) is 3.98. The quantitative estimate of drug-likeness (QED) is 0.428. The molecule has 2 N–H and O–H groups in total. The largest absolute Gasteiger partial charge is 0.429 e. The van der Waals surface area contributed by atoms with E-state index in [-0.39, 0.29) is 5.57 Å². The topological polar surface area (TPSA) is 66.8 Å². The third-order valence-corrected chi connectivity index (χ3v) is 3.98. The molecule has 1 rings (SSSR count). The summed E-state index contributed by atoms with van der Waals surface area (Å²) < 4.78 is 4.56. The Kier molecular flexibility index (Phi) is 9.35. The lowest BCUT2D eigenvalue weighted by Crippen LogP contribution is -2.16. The maximum absolute atomic E-state index is 11.3. The van der Waals surface area contributed by atoms with E-state index in [2.05, 4.69) is 11.7 Å². The number of hydrogen-bond acceptors (Lipinski definition) is 4. The highest BCUT2D eigenvalue weighted by Gasteiger charge is 2.28. The van der Waals surface area contributed by atoms with Crippen molar-refractivity contribution >= 4 is 5.97 Å². The summed E-state index contributed by atoms with van der Waals surface area (Å²) >= 11 is 0. The molecular formula is C17H30O4. The van der Waals surface area contributed by atoms with Crippen molar-refractivity contribution in [1.29, 1.82) is 0 Å². The van der Waals surface area contributed by atoms with Crippen LogP contribution in [0.2, 0.25) is 0 Å². The maximum atomic E-state index is 11.3. The Morgan fingerprint density at radius 1 is 1.05 bits per heavy atom. The molecule has 0 radical (unpaired) electrons. The molecule has 0 aromatic rings. The van der Waals surface area contributed by atoms with E-state index in [0.717, 1.165) is 12.8 Å². The Bertz CT molecular complexity index is 325. The van der Waals surface area contributed by atoms with Crippen molar-refractivity contribution in [3.63, 3.8) is 0 Å². The van der Waals surface area contributed by atoms with Crippen LogP contribution in [-0.2, 0) is 9.53 Å². The van der Waals surface area contributed by atoms with Crippen molar-refractivity contribution in [1.82, 2.24) is 0 Å². The first kappa shape index (κ1) is 18.2. The van der Waals surface area contributed by atoms with Gasteiger partial charge in [-0.3, -0.25) is 0 Å². The average molecular weight is 298 g/mol. The Balaban J connectivity index is 1.95. The molecule has 2 unspecified atom stereocenters. The normalized spacial score (nSPS) is 19.5. The molecule has 4 heteroatoms. The molecule has 4 nitrogen and oxygen atoms in total. The van der Waals surface area contributed by atoms with Crippen LogP contribution in [0.5, 0.6) is 0 Å². The Hall–Kier alpha value is -0.870. The highest BCUT2D eigenvalue weighted by atomic mass is 16.6. The van der Waals surface area contributed by atoms with Gasteiger partial charge in [0.2, 0.25) is 6.29 Å². The van der Waals surface area contributed by atoms with E-state index < -0.39 is 18.4 Å². The number of carbonyl (C=O) groups excluding carboxylic acids is 1. The van der Waals surface area contributed by atoms with Gasteiger partial charge in [0, 0.05) is 0 Å². The molecular weight excluding hydrogens is 268 g/mol. The van der Waals surface area contributed by atoms with E-state index in [9.17, 15) is 9.90 Å². The summed E-state index contributed by atoms with van der Waals surface area (Å²) in [6.45, 7) is 2.23. The first-order chi connectivity index (χ1) is 10.1. The summed E-state index contributed by atoms with van der Waals surface area (Å²) in [4.78, 5) is 11.3. The molecule has 0 aromatic heterocycles. The van der Waals surface area contributed by atoms with E-state index in [1.54, 1.807) is 0 Å². The molecule has 0 saturated heterocycles. The molecule has 1 aliphatic rings. The summed E-state index contributed by atoms with van der Waals surface area (Å²) in [5.41, 5.74) is 0.207. The number of esters is 1. The number of unbranched alkanes of at least 4 members (excludes halogenated alkanes) is 9. The van der Waals surface area contributed by atoms with E-state index in [1.165, 1.54) is 57.4 Å². The summed E-state index contributed by atoms with van der Waals surface area (Å²) in [7, 11) is 0. The van der Waals surface area contributed by atoms with E-state index in [1.807, 2.05) is 0 Å². The van der Waals surface area contributed by atoms with Crippen LogP contribution in [0, 0.1) is 0 Å². The number of hydrogen-bond donors (Lipinski definition) is 2. The summed E-state index contributed by atoms with van der Waals surface area (Å²) in [5.74, 6) is -0.595. The molecule has 2 atom stereocenters. The van der Waals surface area contributed by atoms with Crippen LogP contribution in [0.15, 0.2) is 11.6 Å². The van der Waals surface area contributed by atoms with Gasteiger partial charge < -0.3 is 14.9 Å². The molecule has 21 heavy (non-hydrogen) atoms. The van der Waals surface area contributed by atoms with Crippen LogP contribution in [-0.4, -0.2) is 28.6 Å². The SMILES string of the molecule is CCCCCCCCCCCCC(O)C1=CC(O)OC1=O. The molecule has 122 valence electrons. The van der Waals surface area contributed by atoms with E-state index in [0.29, 0.717) is 6.42 Å². The van der Waals surface area contributed by atoms with Crippen molar-refractivity contribution in [2.75, 3.05) is 0 Å². The molecule has 0 spiro atoms. The maximum Gasteiger partial charge on any atom is 0.339 e. The van der Waals surface area contributed by atoms with Gasteiger partial charge in [0.25, 0.3) is 0 Å². The van der Waals surface area contributed by atoms with Crippen molar-refractivity contribution in [2.45, 2.75) is 89.9 Å². The molecule has 0 aliphatic carbocycles. The molecule has 1 heterocycles. The minimum absolute atomic E-state index is 0.207. The van der Waals surface area contributed by atoms with Crippen LogP contribution in [0.4, 0.5) is 0 Å². The molecule has 0 amide bonds. The smallest absolute Gasteiger partial charge is 0.339 e. The number of aliphatic hydroxyl groups is 2. The van der Waals surface area contributed by atoms with Gasteiger partial charge >= 0.3 is 5.97 Å². The zero-order valence-electron chi connectivity index (χ0n) is 13.2. The Morgan fingerprint density at radius 3 is 2.05 bits per heavy atom. The van der Waals surface area contributed by atoms with Gasteiger partial charge in [-0.05, 0) is 12.5 Å². The fourth-order valence-corrected chi connectivity index (χ4v) is 2.66. The number of cyclic esters (lactones) is 1. The van der Waals surface area contributed by atoms with Gasteiger partial charge in [0.15, 0.2) is 0 Å². The van der Waals surface area contributed by atoms with Gasteiger partial charge in [0.1, 0.15) is 0 Å². The second-order valence-corrected chi connectivity index (χ2v) is 5.90. The summed E-state index contributed by atoms with van der Waals surface area (Å²) in [6.07, 6.45) is 12.3. The lowest BCUT2D eigenvalue weighted by atomic mass is 10.0. The van der Waals surface area contributed by atoms with Crippen LogP contribution in [0.25, 0.3) is 0 Å². The average Bonchev–Trinajstić information content (AvgIpc) is 2.79. The monoisotopic (exact) mass is 298 g/mol. The minimum atomic E-state index is -1.19. The standard InChI is InChI=1S/C17H30O4/c1-2-3-4-5-6-7-8-9-10-11-12-15(18)14-13-16(19)21-17(14)20/h13,15-16,18-19H,2-12H2,1H3. The fourth-order valence-electron chi connectivity index (χ4n) is 2.66. The van der Waals surface area contributed by atoms with Gasteiger partial charge in [-0.2, -0.15) is 0 Å². The van der Waals surface area contributed by atoms with E-state index >= 15 is 0 Å². The molecule has 0 fully saturated rings. The van der Waals surface area contributed by atoms with Crippen LogP contribution in [0.1, 0.15) is 77.6 Å². The van der Waals surface area contributed by atoms with Gasteiger partial charge in [0.05, 0.1) is 11.7 Å². The number of ether oxygens (including phenoxy) is 1. The zero-order chi connectivity index (χ0) is 15.5. The lowest BCUT2D eigenvalue weighted by molar-refractivity contribution is -0.151. The molecule has 0 bridgehead atoms. The fraction of sp³-hybridized carbons (Fsp3) is 0.824. The third kappa shape index (κ3) is 7.63. The predicted molar refractivity (Wildman–Crippen MR) is 82.6 cm³/mol. The molecule has 1 aliphatic heterocycles. The first-order valence-electron chi connectivity index (χ1n) is 8.44. The highest BCUT2D eigenvalue weighted by Crippen LogP contribution is 2.20. The van der Waals surface area contributed by atoms with Gasteiger partial charge in [-0.1, -0.05) is 71.1 Å². The van der Waals surface area contributed by atoms with Crippen LogP contribution in [0.3, 0.4) is 0 Å². The molecule has 0 saturated carbocycles. The number of aliphatic hydroxyl groups excluding tert-OH is 2. The van der Waals surface area contributed by atoms with Crippen LogP contribution >= 0.6 is 0 Å². The Morgan fingerprint density at radius 2 is 1.57 bits per heavy atom. The number of carbonyl (C=O) groups is 1.